The van der Waals surface area contributed by atoms with Crippen LogP contribution in [0.5, 0.6) is 0 Å². The van der Waals surface area contributed by atoms with Crippen LogP contribution in [-0.2, 0) is 0 Å². The molecule has 0 aromatic carbocycles. The number of hydrogen-bond acceptors (Lipinski definition) is 2. The summed E-state index contributed by atoms with van der Waals surface area (Å²) >= 11 is 3.10. The molecule has 0 aliphatic heterocycles. The van der Waals surface area contributed by atoms with Gasteiger partial charge in [-0.05, 0) is 34.5 Å². The number of nitrogens with zero attached hydrogens (tertiary/aromatic N) is 2. The summed E-state index contributed by atoms with van der Waals surface area (Å²) in [6.07, 6.45) is -2.68. The topological polar surface area (TPSA) is 33.2 Å². The van der Waals surface area contributed by atoms with E-state index in [0.717, 1.165) is 4.90 Å². The van der Waals surface area contributed by atoms with Crippen molar-refractivity contribution in [3.05, 3.63) is 28.5 Å². The lowest BCUT2D eigenvalue weighted by Gasteiger charge is -2.23. The van der Waals surface area contributed by atoms with Crippen LogP contribution in [0.3, 0.4) is 0 Å². The van der Waals surface area contributed by atoms with E-state index in [1.54, 1.807) is 6.92 Å². The van der Waals surface area contributed by atoms with Crippen molar-refractivity contribution in [2.75, 3.05) is 13.1 Å². The summed E-state index contributed by atoms with van der Waals surface area (Å²) in [5.41, 5.74) is 0.149. The Morgan fingerprint density at radius 1 is 1.44 bits per heavy atom. The van der Waals surface area contributed by atoms with Crippen molar-refractivity contribution in [3.63, 3.8) is 0 Å². The minimum Gasteiger partial charge on any atom is -0.330 e. The predicted molar refractivity (Wildman–Crippen MR) is 64.2 cm³/mol. The van der Waals surface area contributed by atoms with Gasteiger partial charge in [-0.25, -0.2) is 4.98 Å². The van der Waals surface area contributed by atoms with Crippen LogP contribution in [0.15, 0.2) is 22.9 Å². The molecule has 1 aromatic heterocycles. The second kappa shape index (κ2) is 6.17. The van der Waals surface area contributed by atoms with Crippen molar-refractivity contribution in [3.8, 4) is 0 Å². The highest BCUT2D eigenvalue weighted by Gasteiger charge is 2.33. The van der Waals surface area contributed by atoms with E-state index in [1.165, 1.54) is 18.3 Å². The number of amides is 1. The molecule has 3 nitrogen and oxygen atoms in total. The second-order valence-corrected chi connectivity index (χ2v) is 4.52. The first-order valence-electron chi connectivity index (χ1n) is 5.31. The molecule has 1 amide bonds. The van der Waals surface area contributed by atoms with Gasteiger partial charge in [0.05, 0.1) is 5.56 Å². The molecule has 0 spiro atoms. The highest BCUT2D eigenvalue weighted by Crippen LogP contribution is 2.18. The summed E-state index contributed by atoms with van der Waals surface area (Å²) in [6.45, 7) is 0.542. The van der Waals surface area contributed by atoms with Gasteiger partial charge in [-0.1, -0.05) is 6.92 Å². The van der Waals surface area contributed by atoms with Gasteiger partial charge >= 0.3 is 6.18 Å². The lowest BCUT2D eigenvalue weighted by atomic mass is 10.2. The lowest BCUT2D eigenvalue weighted by Crippen LogP contribution is -2.39. The molecule has 100 valence electrons. The van der Waals surface area contributed by atoms with Crippen LogP contribution in [0, 0.1) is 0 Å². The average Bonchev–Trinajstić information content (AvgIpc) is 2.27. The predicted octanol–water partition coefficient (Wildman–Crippen LogP) is 3.26. The van der Waals surface area contributed by atoms with E-state index < -0.39 is 18.6 Å². The zero-order chi connectivity index (χ0) is 13.8. The van der Waals surface area contributed by atoms with E-state index in [9.17, 15) is 18.0 Å². The fourth-order valence-electron chi connectivity index (χ4n) is 1.42. The van der Waals surface area contributed by atoms with Crippen LogP contribution in [-0.4, -0.2) is 35.1 Å². The second-order valence-electron chi connectivity index (χ2n) is 3.71. The zero-order valence-corrected chi connectivity index (χ0v) is 11.3. The number of pyridine rings is 1. The number of carbonyl (C=O) groups excluding carboxylic acids is 1. The fourth-order valence-corrected chi connectivity index (χ4v) is 1.66. The molecular formula is C11H12BrF3N2O. The highest BCUT2D eigenvalue weighted by molar-refractivity contribution is 9.10. The third-order valence-electron chi connectivity index (χ3n) is 2.13. The van der Waals surface area contributed by atoms with Crippen molar-refractivity contribution < 1.29 is 18.0 Å². The number of halogens is 4. The third-order valence-corrected chi connectivity index (χ3v) is 2.59. The monoisotopic (exact) mass is 324 g/mol. The number of rotatable bonds is 4. The highest BCUT2D eigenvalue weighted by atomic mass is 79.9. The van der Waals surface area contributed by atoms with Crippen LogP contribution < -0.4 is 0 Å². The van der Waals surface area contributed by atoms with Gasteiger partial charge in [-0.2, -0.15) is 13.2 Å². The Bertz CT molecular complexity index is 406. The van der Waals surface area contributed by atoms with Gasteiger partial charge in [0.1, 0.15) is 11.1 Å². The summed E-state index contributed by atoms with van der Waals surface area (Å²) in [5.74, 6) is -0.658. The van der Waals surface area contributed by atoms with Crippen molar-refractivity contribution in [1.29, 1.82) is 0 Å². The van der Waals surface area contributed by atoms with Crippen LogP contribution in [0.4, 0.5) is 13.2 Å². The molecule has 1 rings (SSSR count). The lowest BCUT2D eigenvalue weighted by molar-refractivity contribution is -0.140. The van der Waals surface area contributed by atoms with Gasteiger partial charge in [-0.15, -0.1) is 0 Å². The summed E-state index contributed by atoms with van der Waals surface area (Å²) in [7, 11) is 0. The van der Waals surface area contributed by atoms with Crippen molar-refractivity contribution in [2.24, 2.45) is 0 Å². The zero-order valence-electron chi connectivity index (χ0n) is 9.67. The summed E-state index contributed by atoms with van der Waals surface area (Å²) in [5, 5.41) is 0. The third kappa shape index (κ3) is 4.64. The van der Waals surface area contributed by atoms with E-state index in [2.05, 4.69) is 20.9 Å². The van der Waals surface area contributed by atoms with Gasteiger partial charge in [0.25, 0.3) is 5.91 Å². The maximum Gasteiger partial charge on any atom is 0.406 e. The Balaban J connectivity index is 2.85. The Labute approximate surface area is 111 Å². The van der Waals surface area contributed by atoms with Crippen molar-refractivity contribution >= 4 is 21.8 Å². The fraction of sp³-hybridized carbons (Fsp3) is 0.455. The van der Waals surface area contributed by atoms with Crippen molar-refractivity contribution in [2.45, 2.75) is 19.5 Å². The molecule has 0 fully saturated rings. The SMILES string of the molecule is CCCN(CC(F)(F)F)C(=O)c1ccc(Br)nc1. The van der Waals surface area contributed by atoms with Gasteiger partial charge < -0.3 is 4.90 Å². The Kier molecular flexibility index (Phi) is 5.13. The molecule has 1 aromatic rings. The number of alkyl halides is 3. The van der Waals surface area contributed by atoms with E-state index >= 15 is 0 Å². The minimum absolute atomic E-state index is 0.0639. The molecule has 7 heteroatoms. The van der Waals surface area contributed by atoms with Gasteiger partial charge in [0.15, 0.2) is 0 Å². The molecule has 0 aliphatic carbocycles. The Hall–Kier alpha value is -1.11. The molecule has 0 unspecified atom stereocenters. The molecular weight excluding hydrogens is 313 g/mol. The quantitative estimate of drug-likeness (QED) is 0.796. The molecule has 0 aliphatic rings. The first kappa shape index (κ1) is 14.9. The summed E-state index contributed by atoms with van der Waals surface area (Å²) in [6, 6.07) is 2.96. The van der Waals surface area contributed by atoms with Crippen LogP contribution in [0.2, 0.25) is 0 Å². The van der Waals surface area contributed by atoms with Crippen LogP contribution >= 0.6 is 15.9 Å². The molecule has 0 N–H and O–H groups in total. The summed E-state index contributed by atoms with van der Waals surface area (Å²) < 4.78 is 37.6. The maximum atomic E-state index is 12.4. The van der Waals surface area contributed by atoms with Gasteiger partial charge in [0.2, 0.25) is 0 Å². The standard InChI is InChI=1S/C11H12BrF3N2O/c1-2-5-17(7-11(13,14)15)10(18)8-3-4-9(12)16-6-8/h3-4,6H,2,5,7H2,1H3. The van der Waals surface area contributed by atoms with E-state index in [4.69, 9.17) is 0 Å². The minimum atomic E-state index is -4.40. The largest absolute Gasteiger partial charge is 0.406 e. The van der Waals surface area contributed by atoms with Gasteiger partial charge in [-0.3, -0.25) is 4.79 Å². The average molecular weight is 325 g/mol. The smallest absolute Gasteiger partial charge is 0.330 e. The first-order chi connectivity index (χ1) is 8.33. The molecule has 0 radical (unpaired) electrons. The van der Waals surface area contributed by atoms with E-state index in [1.807, 2.05) is 0 Å². The molecule has 0 saturated carbocycles. The summed E-state index contributed by atoms with van der Waals surface area (Å²) in [4.78, 5) is 16.5. The first-order valence-corrected chi connectivity index (χ1v) is 6.10. The van der Waals surface area contributed by atoms with Crippen molar-refractivity contribution in [1.82, 2.24) is 9.88 Å². The number of carbonyl (C=O) groups is 1. The Morgan fingerprint density at radius 2 is 2.11 bits per heavy atom. The molecule has 0 bridgehead atoms. The maximum absolute atomic E-state index is 12.4. The molecule has 0 saturated heterocycles. The Morgan fingerprint density at radius 3 is 2.56 bits per heavy atom. The molecule has 0 atom stereocenters. The van der Waals surface area contributed by atoms with Gasteiger partial charge in [0, 0.05) is 12.7 Å². The number of hydrogen-bond donors (Lipinski definition) is 0. The molecule has 18 heavy (non-hydrogen) atoms. The van der Waals surface area contributed by atoms with E-state index in [-0.39, 0.29) is 12.1 Å². The van der Waals surface area contributed by atoms with Crippen LogP contribution in [0.25, 0.3) is 0 Å². The molecule has 1 heterocycles. The number of aromatic nitrogens is 1. The van der Waals surface area contributed by atoms with E-state index in [0.29, 0.717) is 11.0 Å². The van der Waals surface area contributed by atoms with Crippen LogP contribution in [0.1, 0.15) is 23.7 Å². The normalized spacial score (nSPS) is 11.4.